The largest absolute Gasteiger partial charge is 0.481 e. The van der Waals surface area contributed by atoms with E-state index in [2.05, 4.69) is 26.2 Å². The third kappa shape index (κ3) is 3.10. The summed E-state index contributed by atoms with van der Waals surface area (Å²) < 4.78 is 0.335. The van der Waals surface area contributed by atoms with E-state index in [1.807, 2.05) is 0 Å². The summed E-state index contributed by atoms with van der Waals surface area (Å²) in [4.78, 5) is 38.5. The third-order valence-electron chi connectivity index (χ3n) is 3.04. The molecule has 1 atom stereocenters. The molecule has 0 radical (unpaired) electrons. The van der Waals surface area contributed by atoms with Crippen LogP contribution in [0.15, 0.2) is 16.9 Å². The second kappa shape index (κ2) is 6.04. The van der Waals surface area contributed by atoms with Crippen LogP contribution in [0.25, 0.3) is 0 Å². The number of nitro groups is 1. The van der Waals surface area contributed by atoms with Crippen molar-refractivity contribution in [3.63, 3.8) is 0 Å². The van der Waals surface area contributed by atoms with Crippen molar-refractivity contribution < 1.29 is 19.6 Å². The van der Waals surface area contributed by atoms with Crippen LogP contribution in [0.5, 0.6) is 0 Å². The first-order chi connectivity index (χ1) is 9.91. The van der Waals surface area contributed by atoms with E-state index >= 15 is 0 Å². The Bertz CT molecular complexity index is 608. The Labute approximate surface area is 127 Å². The lowest BCUT2D eigenvalue weighted by Crippen LogP contribution is -2.56. The van der Waals surface area contributed by atoms with Crippen LogP contribution in [0.2, 0.25) is 0 Å². The maximum absolute atomic E-state index is 11.9. The van der Waals surface area contributed by atoms with Gasteiger partial charge in [0.1, 0.15) is 17.9 Å². The smallest absolute Gasteiger partial charge is 0.311 e. The molecule has 1 aliphatic heterocycles. The first kappa shape index (κ1) is 15.2. The fourth-order valence-electron chi connectivity index (χ4n) is 2.19. The SMILES string of the molecule is O=C(O)CC1C(=O)NCCN1c1c(Br)cncc1[N+](=O)[O-]. The molecule has 1 fully saturated rings. The van der Waals surface area contributed by atoms with Crippen molar-refractivity contribution in [2.45, 2.75) is 12.5 Å². The zero-order chi connectivity index (χ0) is 15.6. The van der Waals surface area contributed by atoms with Crippen molar-refractivity contribution in [3.8, 4) is 0 Å². The third-order valence-corrected chi connectivity index (χ3v) is 3.62. The lowest BCUT2D eigenvalue weighted by Gasteiger charge is -2.35. The predicted octanol–water partition coefficient (Wildman–Crippen LogP) is 0.532. The van der Waals surface area contributed by atoms with E-state index in [1.165, 1.54) is 11.1 Å². The minimum Gasteiger partial charge on any atom is -0.481 e. The molecule has 0 aliphatic carbocycles. The molecule has 2 N–H and O–H groups in total. The Morgan fingerprint density at radius 2 is 2.33 bits per heavy atom. The summed E-state index contributed by atoms with van der Waals surface area (Å²) in [7, 11) is 0. The van der Waals surface area contributed by atoms with Gasteiger partial charge in [0.2, 0.25) is 5.91 Å². The number of hydrogen-bond acceptors (Lipinski definition) is 6. The molecule has 0 bridgehead atoms. The number of amides is 1. The molecule has 2 heterocycles. The number of carboxylic acids is 1. The van der Waals surface area contributed by atoms with Crippen LogP contribution >= 0.6 is 15.9 Å². The number of rotatable bonds is 4. The quantitative estimate of drug-likeness (QED) is 0.593. The van der Waals surface area contributed by atoms with E-state index in [9.17, 15) is 19.7 Å². The number of hydrogen-bond donors (Lipinski definition) is 2. The molecule has 10 heteroatoms. The zero-order valence-corrected chi connectivity index (χ0v) is 12.2. The molecule has 112 valence electrons. The average Bonchev–Trinajstić information content (AvgIpc) is 2.40. The summed E-state index contributed by atoms with van der Waals surface area (Å²) in [5, 5.41) is 22.6. The predicted molar refractivity (Wildman–Crippen MR) is 75.0 cm³/mol. The molecule has 1 aliphatic rings. The van der Waals surface area contributed by atoms with Crippen molar-refractivity contribution in [2.75, 3.05) is 18.0 Å². The van der Waals surface area contributed by atoms with Crippen LogP contribution in [0.1, 0.15) is 6.42 Å². The van der Waals surface area contributed by atoms with E-state index in [0.717, 1.165) is 6.20 Å². The average molecular weight is 359 g/mol. The van der Waals surface area contributed by atoms with Gasteiger partial charge < -0.3 is 15.3 Å². The maximum Gasteiger partial charge on any atom is 0.311 e. The Morgan fingerprint density at radius 3 is 2.95 bits per heavy atom. The number of halogens is 1. The van der Waals surface area contributed by atoms with Crippen molar-refractivity contribution in [3.05, 3.63) is 27.0 Å². The number of nitrogens with zero attached hydrogens (tertiary/aromatic N) is 3. The van der Waals surface area contributed by atoms with E-state index in [1.54, 1.807) is 0 Å². The summed E-state index contributed by atoms with van der Waals surface area (Å²) in [5.74, 6) is -1.63. The molecular weight excluding hydrogens is 348 g/mol. The van der Waals surface area contributed by atoms with Crippen molar-refractivity contribution in [1.82, 2.24) is 10.3 Å². The number of nitrogens with one attached hydrogen (secondary N) is 1. The Balaban J connectivity index is 2.49. The van der Waals surface area contributed by atoms with Crippen LogP contribution in [-0.2, 0) is 9.59 Å². The molecule has 1 aromatic rings. The number of carbonyl (C=O) groups excluding carboxylic acids is 1. The normalized spacial score (nSPS) is 18.2. The second-order valence-corrected chi connectivity index (χ2v) is 5.20. The van der Waals surface area contributed by atoms with Gasteiger partial charge >= 0.3 is 11.7 Å². The molecule has 9 nitrogen and oxygen atoms in total. The maximum atomic E-state index is 11.9. The number of aliphatic carboxylic acids is 1. The molecule has 0 spiro atoms. The number of pyridine rings is 1. The Kier molecular flexibility index (Phi) is 4.36. The molecule has 0 aromatic carbocycles. The highest BCUT2D eigenvalue weighted by Gasteiger charge is 2.36. The van der Waals surface area contributed by atoms with Gasteiger partial charge in [0, 0.05) is 19.3 Å². The minimum atomic E-state index is -1.16. The van der Waals surface area contributed by atoms with E-state index in [4.69, 9.17) is 5.11 Å². The topological polar surface area (TPSA) is 126 Å². The summed E-state index contributed by atoms with van der Waals surface area (Å²) in [6.45, 7) is 0.550. The van der Waals surface area contributed by atoms with Gasteiger partial charge in [-0.1, -0.05) is 0 Å². The van der Waals surface area contributed by atoms with Crippen molar-refractivity contribution in [2.24, 2.45) is 0 Å². The van der Waals surface area contributed by atoms with Crippen LogP contribution < -0.4 is 10.2 Å². The van der Waals surface area contributed by atoms with Crippen molar-refractivity contribution in [1.29, 1.82) is 0 Å². The molecule has 21 heavy (non-hydrogen) atoms. The summed E-state index contributed by atoms with van der Waals surface area (Å²) in [6, 6.07) is -1.01. The fourth-order valence-corrected chi connectivity index (χ4v) is 2.74. The lowest BCUT2D eigenvalue weighted by molar-refractivity contribution is -0.384. The number of carbonyl (C=O) groups is 2. The van der Waals surface area contributed by atoms with E-state index in [0.29, 0.717) is 4.47 Å². The number of piperazine rings is 1. The molecule has 1 unspecified atom stereocenters. The first-order valence-corrected chi connectivity index (χ1v) is 6.75. The van der Waals surface area contributed by atoms with Crippen LogP contribution in [0.3, 0.4) is 0 Å². The fraction of sp³-hybridized carbons (Fsp3) is 0.364. The van der Waals surface area contributed by atoms with Gasteiger partial charge in [0.05, 0.1) is 15.8 Å². The summed E-state index contributed by atoms with van der Waals surface area (Å²) >= 11 is 3.18. The van der Waals surface area contributed by atoms with Gasteiger partial charge in [0.15, 0.2) is 0 Å². The van der Waals surface area contributed by atoms with Gasteiger partial charge in [-0.15, -0.1) is 0 Å². The highest BCUT2D eigenvalue weighted by Crippen LogP contribution is 2.36. The highest BCUT2D eigenvalue weighted by molar-refractivity contribution is 9.10. The number of anilines is 1. The standard InChI is InChI=1S/C11H11BrN4O5/c12-6-4-13-5-8(16(20)21)10(6)15-2-1-14-11(19)7(15)3-9(17)18/h4-5,7H,1-3H2,(H,14,19)(H,17,18). The molecular formula is C11H11BrN4O5. The summed E-state index contributed by atoms with van der Waals surface area (Å²) in [5.41, 5.74) is -0.120. The van der Waals surface area contributed by atoms with Gasteiger partial charge in [0.25, 0.3) is 0 Å². The molecule has 0 saturated carbocycles. The summed E-state index contributed by atoms with van der Waals surface area (Å²) in [6.07, 6.45) is 1.99. The monoisotopic (exact) mass is 358 g/mol. The lowest BCUT2D eigenvalue weighted by atomic mass is 10.1. The van der Waals surface area contributed by atoms with Crippen LogP contribution in [0.4, 0.5) is 11.4 Å². The molecule has 1 aromatic heterocycles. The number of carboxylic acid groups (broad SMARTS) is 1. The van der Waals surface area contributed by atoms with E-state index < -0.39 is 29.3 Å². The minimum absolute atomic E-state index is 0.163. The van der Waals surface area contributed by atoms with Gasteiger partial charge in [-0.05, 0) is 15.9 Å². The van der Waals surface area contributed by atoms with Gasteiger partial charge in [-0.3, -0.25) is 24.7 Å². The number of aromatic nitrogens is 1. The zero-order valence-electron chi connectivity index (χ0n) is 10.7. The van der Waals surface area contributed by atoms with Crippen LogP contribution in [0, 0.1) is 10.1 Å². The van der Waals surface area contributed by atoms with E-state index in [-0.39, 0.29) is 24.5 Å². The molecule has 2 rings (SSSR count). The van der Waals surface area contributed by atoms with Gasteiger partial charge in [-0.2, -0.15) is 0 Å². The second-order valence-electron chi connectivity index (χ2n) is 4.34. The van der Waals surface area contributed by atoms with Gasteiger partial charge in [-0.25, -0.2) is 0 Å². The van der Waals surface area contributed by atoms with Crippen molar-refractivity contribution >= 4 is 39.2 Å². The molecule has 1 amide bonds. The molecule has 1 saturated heterocycles. The Morgan fingerprint density at radius 1 is 1.62 bits per heavy atom. The highest BCUT2D eigenvalue weighted by atomic mass is 79.9. The Hall–Kier alpha value is -2.23. The first-order valence-electron chi connectivity index (χ1n) is 5.96. The van der Waals surface area contributed by atoms with Crippen LogP contribution in [-0.4, -0.2) is 46.0 Å².